The molecule has 2 heterocycles. The molecule has 1 N–H and O–H groups in total. The molecule has 9 heteroatoms. The van der Waals surface area contributed by atoms with Gasteiger partial charge in [0, 0.05) is 43.0 Å². The van der Waals surface area contributed by atoms with Gasteiger partial charge >= 0.3 is 11.8 Å². The number of hydrogen-bond acceptors (Lipinski definition) is 4. The number of nitrogens with one attached hydrogen (secondary N) is 1. The molecule has 28 heavy (non-hydrogen) atoms. The monoisotopic (exact) mass is 389 g/mol. The van der Waals surface area contributed by atoms with Gasteiger partial charge in [-0.2, -0.15) is 0 Å². The van der Waals surface area contributed by atoms with Gasteiger partial charge < -0.3 is 10.2 Å². The summed E-state index contributed by atoms with van der Waals surface area (Å²) >= 11 is 0. The van der Waals surface area contributed by atoms with Gasteiger partial charge in [0.15, 0.2) is 11.6 Å². The predicted molar refractivity (Wildman–Crippen MR) is 98.0 cm³/mol. The summed E-state index contributed by atoms with van der Waals surface area (Å²) in [5.41, 5.74) is 0.609. The molecule has 2 aliphatic rings. The largest absolute Gasteiger partial charge is 0.331 e. The number of piperazine rings is 1. The van der Waals surface area contributed by atoms with Crippen molar-refractivity contribution in [3.63, 3.8) is 0 Å². The first-order valence-corrected chi connectivity index (χ1v) is 9.13. The van der Waals surface area contributed by atoms with Crippen LogP contribution in [0, 0.1) is 18.6 Å². The number of nitrogens with zero attached hydrogens (tertiary/aromatic N) is 4. The Kier molecular flexibility index (Phi) is 4.41. The van der Waals surface area contributed by atoms with E-state index in [1.54, 1.807) is 11.8 Å². The van der Waals surface area contributed by atoms with Crippen molar-refractivity contribution in [3.8, 4) is 5.69 Å². The van der Waals surface area contributed by atoms with Crippen molar-refractivity contribution in [2.24, 2.45) is 0 Å². The molecular weight excluding hydrogens is 368 g/mol. The van der Waals surface area contributed by atoms with Crippen molar-refractivity contribution in [1.82, 2.24) is 19.6 Å². The highest BCUT2D eigenvalue weighted by atomic mass is 19.1. The molecule has 148 valence electrons. The molecule has 1 aromatic carbocycles. The summed E-state index contributed by atoms with van der Waals surface area (Å²) in [6.45, 7) is 3.45. The van der Waals surface area contributed by atoms with Crippen LogP contribution >= 0.6 is 0 Å². The van der Waals surface area contributed by atoms with Gasteiger partial charge in [0.05, 0.1) is 0 Å². The quantitative estimate of drug-likeness (QED) is 0.794. The molecule has 0 radical (unpaired) electrons. The number of benzene rings is 1. The van der Waals surface area contributed by atoms with Crippen LogP contribution in [-0.4, -0.2) is 63.6 Å². The maximum Gasteiger partial charge on any atom is 0.315 e. The van der Waals surface area contributed by atoms with Gasteiger partial charge in [-0.15, -0.1) is 5.10 Å². The number of rotatable bonds is 2. The van der Waals surface area contributed by atoms with Gasteiger partial charge in [0.1, 0.15) is 11.5 Å². The van der Waals surface area contributed by atoms with E-state index in [1.807, 2.05) is 7.05 Å². The molecule has 1 aromatic heterocycles. The Bertz CT molecular complexity index is 954. The molecule has 0 unspecified atom stereocenters. The second-order valence-corrected chi connectivity index (χ2v) is 7.51. The number of anilines is 1. The van der Waals surface area contributed by atoms with E-state index in [0.29, 0.717) is 18.8 Å². The summed E-state index contributed by atoms with van der Waals surface area (Å²) in [4.78, 5) is 28.8. The van der Waals surface area contributed by atoms with Crippen molar-refractivity contribution in [2.45, 2.75) is 25.3 Å². The number of likely N-dealkylation sites (N-methyl/N-ethyl adjacent to an activating group) is 1. The van der Waals surface area contributed by atoms with Crippen molar-refractivity contribution in [2.75, 3.05) is 32.0 Å². The number of carbonyl (C=O) groups excluding carboxylic acids is 2. The van der Waals surface area contributed by atoms with E-state index < -0.39 is 23.4 Å². The molecular formula is C19H21F2N5O2. The topological polar surface area (TPSA) is 70.5 Å². The molecule has 1 aliphatic heterocycles. The Morgan fingerprint density at radius 1 is 1.18 bits per heavy atom. The van der Waals surface area contributed by atoms with Crippen molar-refractivity contribution < 1.29 is 18.4 Å². The van der Waals surface area contributed by atoms with Gasteiger partial charge in [-0.25, -0.2) is 13.5 Å². The second kappa shape index (κ2) is 6.66. The fraction of sp³-hybridized carbons (Fsp3) is 0.421. The van der Waals surface area contributed by atoms with Gasteiger partial charge in [-0.1, -0.05) is 0 Å². The van der Waals surface area contributed by atoms with Crippen LogP contribution < -0.4 is 5.32 Å². The van der Waals surface area contributed by atoms with Gasteiger partial charge in [0.25, 0.3) is 0 Å². The van der Waals surface area contributed by atoms with Gasteiger partial charge in [-0.05, 0) is 38.9 Å². The van der Waals surface area contributed by atoms with E-state index in [9.17, 15) is 18.4 Å². The van der Waals surface area contributed by atoms with Crippen LogP contribution in [0.15, 0.2) is 24.3 Å². The van der Waals surface area contributed by atoms with Crippen LogP contribution in [0.1, 0.15) is 18.5 Å². The van der Waals surface area contributed by atoms with Crippen molar-refractivity contribution >= 4 is 17.6 Å². The summed E-state index contributed by atoms with van der Waals surface area (Å²) in [5.74, 6) is -2.70. The Balaban J connectivity index is 1.47. The highest BCUT2D eigenvalue weighted by Gasteiger charge is 2.50. The summed E-state index contributed by atoms with van der Waals surface area (Å²) in [6, 6.07) is 4.68. The van der Waals surface area contributed by atoms with Crippen LogP contribution in [0.3, 0.4) is 0 Å². The molecule has 1 spiro atoms. The Hall–Kier alpha value is -2.81. The molecule has 7 nitrogen and oxygen atoms in total. The van der Waals surface area contributed by atoms with E-state index in [4.69, 9.17) is 0 Å². The number of hydrogen-bond donors (Lipinski definition) is 1. The molecule has 0 atom stereocenters. The average molecular weight is 389 g/mol. The van der Waals surface area contributed by atoms with Gasteiger partial charge in [-0.3, -0.25) is 14.5 Å². The summed E-state index contributed by atoms with van der Waals surface area (Å²) in [6.07, 6.45) is 2.06. The Morgan fingerprint density at radius 3 is 2.61 bits per heavy atom. The standard InChI is InChI=1S/C19H21F2N5O2/c1-12-9-16(23-26(12)15-4-3-13(20)10-14(15)21)22-17(27)18(28)25-8-7-24(2)19(11-25)5-6-19/h3-4,9-10H,5-8,11H2,1-2H3,(H,22,23,27). The first kappa shape index (κ1) is 18.5. The zero-order valence-corrected chi connectivity index (χ0v) is 15.7. The fourth-order valence-electron chi connectivity index (χ4n) is 3.67. The maximum absolute atomic E-state index is 14.0. The highest BCUT2D eigenvalue weighted by Crippen LogP contribution is 2.43. The summed E-state index contributed by atoms with van der Waals surface area (Å²) in [7, 11) is 2.04. The SMILES string of the molecule is Cc1cc(NC(=O)C(=O)N2CCN(C)C3(CC3)C2)nn1-c1ccc(F)cc1F. The maximum atomic E-state index is 14.0. The molecule has 1 saturated carbocycles. The second-order valence-electron chi connectivity index (χ2n) is 7.51. The minimum absolute atomic E-state index is 0.0203. The van der Waals surface area contributed by atoms with E-state index in [2.05, 4.69) is 15.3 Å². The highest BCUT2D eigenvalue weighted by molar-refractivity contribution is 6.39. The zero-order chi connectivity index (χ0) is 20.1. The predicted octanol–water partition coefficient (Wildman–Crippen LogP) is 1.70. The third kappa shape index (κ3) is 3.26. The lowest BCUT2D eigenvalue weighted by Gasteiger charge is -2.39. The zero-order valence-electron chi connectivity index (χ0n) is 15.7. The fourth-order valence-corrected chi connectivity index (χ4v) is 3.67. The minimum atomic E-state index is -0.774. The lowest BCUT2D eigenvalue weighted by Crippen LogP contribution is -2.56. The normalized spacial score (nSPS) is 18.4. The lowest BCUT2D eigenvalue weighted by molar-refractivity contribution is -0.145. The third-order valence-corrected chi connectivity index (χ3v) is 5.58. The third-order valence-electron chi connectivity index (χ3n) is 5.58. The first-order valence-electron chi connectivity index (χ1n) is 9.13. The van der Waals surface area contributed by atoms with E-state index in [-0.39, 0.29) is 17.0 Å². The molecule has 2 fully saturated rings. The van der Waals surface area contributed by atoms with E-state index >= 15 is 0 Å². The lowest BCUT2D eigenvalue weighted by atomic mass is 10.1. The average Bonchev–Trinajstić information content (AvgIpc) is 3.33. The summed E-state index contributed by atoms with van der Waals surface area (Å²) in [5, 5.41) is 6.62. The molecule has 1 aliphatic carbocycles. The van der Waals surface area contributed by atoms with Crippen LogP contribution in [0.5, 0.6) is 0 Å². The molecule has 2 amide bonds. The van der Waals surface area contributed by atoms with Gasteiger partial charge in [0.2, 0.25) is 0 Å². The first-order chi connectivity index (χ1) is 13.3. The number of halogens is 2. The van der Waals surface area contributed by atoms with E-state index in [1.165, 1.54) is 16.8 Å². The number of aromatic nitrogens is 2. The number of amides is 2. The Labute approximate surface area is 160 Å². The number of carbonyl (C=O) groups is 2. The smallest absolute Gasteiger partial charge is 0.315 e. The minimum Gasteiger partial charge on any atom is -0.331 e. The molecule has 0 bridgehead atoms. The Morgan fingerprint density at radius 2 is 1.93 bits per heavy atom. The summed E-state index contributed by atoms with van der Waals surface area (Å²) < 4.78 is 28.4. The van der Waals surface area contributed by atoms with E-state index in [0.717, 1.165) is 31.5 Å². The molecule has 2 aromatic rings. The van der Waals surface area contributed by atoms with Crippen LogP contribution in [0.4, 0.5) is 14.6 Å². The van der Waals surface area contributed by atoms with Crippen molar-refractivity contribution in [3.05, 3.63) is 41.6 Å². The van der Waals surface area contributed by atoms with Crippen LogP contribution in [0.2, 0.25) is 0 Å². The van der Waals surface area contributed by atoms with Crippen LogP contribution in [0.25, 0.3) is 5.69 Å². The van der Waals surface area contributed by atoms with Crippen molar-refractivity contribution in [1.29, 1.82) is 0 Å². The molecule has 4 rings (SSSR count). The van der Waals surface area contributed by atoms with Crippen LogP contribution in [-0.2, 0) is 9.59 Å². The molecule has 1 saturated heterocycles. The number of aryl methyl sites for hydroxylation is 1.